The third kappa shape index (κ3) is 1.69. The second kappa shape index (κ2) is 2.98. The third-order valence-corrected chi connectivity index (χ3v) is 2.12. The minimum Gasteiger partial charge on any atom is -0.361 e. The Morgan fingerprint density at radius 2 is 2.07 bits per heavy atom. The highest BCUT2D eigenvalue weighted by atomic mass is 32.3. The Morgan fingerprint density at radius 1 is 1.29 bits per heavy atom. The van der Waals surface area contributed by atoms with E-state index in [9.17, 15) is 12.3 Å². The van der Waals surface area contributed by atoms with E-state index >= 15 is 0 Å². The number of aromatic nitrogens is 1. The van der Waals surface area contributed by atoms with Crippen molar-refractivity contribution in [2.75, 3.05) is 0 Å². The number of halogens is 1. The molecular weight excluding hydrogens is 209 g/mol. The molecule has 2 rings (SSSR count). The van der Waals surface area contributed by atoms with Crippen LogP contribution < -0.4 is 4.18 Å². The molecular formula is C8H6FNO3S. The second-order valence-corrected chi connectivity index (χ2v) is 3.62. The van der Waals surface area contributed by atoms with Gasteiger partial charge >= 0.3 is 10.5 Å². The molecule has 2 aromatic rings. The van der Waals surface area contributed by atoms with Crippen LogP contribution in [0.2, 0.25) is 0 Å². The molecule has 0 aliphatic rings. The van der Waals surface area contributed by atoms with Gasteiger partial charge in [-0.1, -0.05) is 9.95 Å². The van der Waals surface area contributed by atoms with Gasteiger partial charge in [0.05, 0.1) is 0 Å². The zero-order valence-electron chi connectivity index (χ0n) is 6.90. The molecule has 0 radical (unpaired) electrons. The van der Waals surface area contributed by atoms with Crippen molar-refractivity contribution in [3.63, 3.8) is 0 Å². The molecule has 1 aromatic heterocycles. The standard InChI is InChI=1S/C8H6FNO3S/c9-14(11,12)13-8-3-1-2-7-6(8)4-5-10-7/h1-5,10H. The molecule has 0 atom stereocenters. The predicted octanol–water partition coefficient (Wildman–Crippen LogP) is 1.76. The van der Waals surface area contributed by atoms with Crippen LogP contribution in [0.3, 0.4) is 0 Å². The second-order valence-electron chi connectivity index (χ2n) is 2.67. The van der Waals surface area contributed by atoms with Crippen LogP contribution in [-0.4, -0.2) is 13.4 Å². The molecule has 4 nitrogen and oxygen atoms in total. The minimum atomic E-state index is -4.96. The summed E-state index contributed by atoms with van der Waals surface area (Å²) in [6.07, 6.45) is 1.61. The highest BCUT2D eigenvalue weighted by molar-refractivity contribution is 7.81. The molecule has 0 amide bonds. The highest BCUT2D eigenvalue weighted by Gasteiger charge is 2.12. The summed E-state index contributed by atoms with van der Waals surface area (Å²) in [6.45, 7) is 0. The molecule has 0 aliphatic heterocycles. The lowest BCUT2D eigenvalue weighted by Crippen LogP contribution is -2.01. The van der Waals surface area contributed by atoms with E-state index in [0.717, 1.165) is 0 Å². The molecule has 74 valence electrons. The van der Waals surface area contributed by atoms with Gasteiger partial charge in [-0.25, -0.2) is 0 Å². The number of fused-ring (bicyclic) bond motifs is 1. The van der Waals surface area contributed by atoms with Crippen LogP contribution in [0.25, 0.3) is 10.9 Å². The van der Waals surface area contributed by atoms with Gasteiger partial charge in [0, 0.05) is 17.1 Å². The Balaban J connectivity index is 2.57. The number of hydrogen-bond acceptors (Lipinski definition) is 3. The Labute approximate surface area is 79.7 Å². The van der Waals surface area contributed by atoms with Crippen molar-refractivity contribution < 1.29 is 16.5 Å². The number of nitrogens with one attached hydrogen (secondary N) is 1. The summed E-state index contributed by atoms with van der Waals surface area (Å²) in [6, 6.07) is 6.29. The lowest BCUT2D eigenvalue weighted by atomic mass is 10.2. The maximum Gasteiger partial charge on any atom is 0.488 e. The van der Waals surface area contributed by atoms with Gasteiger partial charge < -0.3 is 9.17 Å². The largest absolute Gasteiger partial charge is 0.488 e. The van der Waals surface area contributed by atoms with Crippen molar-refractivity contribution in [1.29, 1.82) is 0 Å². The molecule has 1 N–H and O–H groups in total. The normalized spacial score (nSPS) is 11.8. The Bertz CT molecular complexity index is 561. The van der Waals surface area contributed by atoms with Crippen LogP contribution in [0, 0.1) is 0 Å². The zero-order valence-corrected chi connectivity index (χ0v) is 7.71. The van der Waals surface area contributed by atoms with Crippen molar-refractivity contribution in [3.8, 4) is 5.75 Å². The fourth-order valence-electron chi connectivity index (χ4n) is 1.24. The zero-order chi connectivity index (χ0) is 10.2. The average molecular weight is 215 g/mol. The Morgan fingerprint density at radius 3 is 2.79 bits per heavy atom. The highest BCUT2D eigenvalue weighted by Crippen LogP contribution is 2.25. The van der Waals surface area contributed by atoms with Crippen LogP contribution in [0.1, 0.15) is 0 Å². The van der Waals surface area contributed by atoms with Crippen LogP contribution in [-0.2, 0) is 10.5 Å². The average Bonchev–Trinajstić information content (AvgIpc) is 2.49. The number of rotatable bonds is 2. The molecule has 6 heteroatoms. The molecule has 0 saturated heterocycles. The molecule has 0 fully saturated rings. The van der Waals surface area contributed by atoms with Gasteiger partial charge in [0.15, 0.2) is 5.75 Å². The SMILES string of the molecule is O=S(=O)(F)Oc1cccc2[nH]ccc12. The Hall–Kier alpha value is -1.56. The maximum absolute atomic E-state index is 12.2. The van der Waals surface area contributed by atoms with Crippen LogP contribution >= 0.6 is 0 Å². The molecule has 14 heavy (non-hydrogen) atoms. The Kier molecular flexibility index (Phi) is 1.92. The van der Waals surface area contributed by atoms with E-state index in [2.05, 4.69) is 9.17 Å². The summed E-state index contributed by atoms with van der Waals surface area (Å²) >= 11 is 0. The number of benzene rings is 1. The summed E-state index contributed by atoms with van der Waals surface area (Å²) in [5.41, 5.74) is 0.686. The van der Waals surface area contributed by atoms with Gasteiger partial charge in [0.2, 0.25) is 0 Å². The van der Waals surface area contributed by atoms with Gasteiger partial charge in [0.1, 0.15) is 0 Å². The molecule has 1 aromatic carbocycles. The summed E-state index contributed by atoms with van der Waals surface area (Å²) in [5.74, 6) is -0.0220. The van der Waals surface area contributed by atoms with Gasteiger partial charge in [-0.15, -0.1) is 0 Å². The van der Waals surface area contributed by atoms with Crippen molar-refractivity contribution in [1.82, 2.24) is 4.98 Å². The topological polar surface area (TPSA) is 59.2 Å². The van der Waals surface area contributed by atoms with E-state index in [0.29, 0.717) is 10.9 Å². The van der Waals surface area contributed by atoms with E-state index in [-0.39, 0.29) is 5.75 Å². The van der Waals surface area contributed by atoms with E-state index in [1.54, 1.807) is 24.4 Å². The third-order valence-electron chi connectivity index (χ3n) is 1.74. The smallest absolute Gasteiger partial charge is 0.361 e. The summed E-state index contributed by atoms with van der Waals surface area (Å²) < 4.78 is 36.9. The van der Waals surface area contributed by atoms with E-state index in [4.69, 9.17) is 0 Å². The lowest BCUT2D eigenvalue weighted by molar-refractivity contribution is 0.442. The number of H-pyrrole nitrogens is 1. The first-order valence-electron chi connectivity index (χ1n) is 3.76. The lowest BCUT2D eigenvalue weighted by Gasteiger charge is -2.00. The molecule has 0 aliphatic carbocycles. The van der Waals surface area contributed by atoms with E-state index in [1.807, 2.05) is 0 Å². The molecule has 0 spiro atoms. The van der Waals surface area contributed by atoms with Gasteiger partial charge in [-0.05, 0) is 18.2 Å². The monoisotopic (exact) mass is 215 g/mol. The quantitative estimate of drug-likeness (QED) is 0.776. The molecule has 0 saturated carbocycles. The van der Waals surface area contributed by atoms with E-state index in [1.165, 1.54) is 6.07 Å². The summed E-state index contributed by atoms with van der Waals surface area (Å²) in [4.78, 5) is 2.85. The van der Waals surface area contributed by atoms with E-state index < -0.39 is 10.5 Å². The summed E-state index contributed by atoms with van der Waals surface area (Å²) in [7, 11) is -4.96. The van der Waals surface area contributed by atoms with Crippen molar-refractivity contribution >= 4 is 21.4 Å². The molecule has 1 heterocycles. The van der Waals surface area contributed by atoms with Crippen molar-refractivity contribution in [3.05, 3.63) is 30.5 Å². The number of hydrogen-bond donors (Lipinski definition) is 1. The fourth-order valence-corrected chi connectivity index (χ4v) is 1.60. The van der Waals surface area contributed by atoms with Crippen LogP contribution in [0.5, 0.6) is 5.75 Å². The van der Waals surface area contributed by atoms with Gasteiger partial charge in [-0.3, -0.25) is 0 Å². The first kappa shape index (κ1) is 9.01. The fraction of sp³-hybridized carbons (Fsp3) is 0. The van der Waals surface area contributed by atoms with Crippen molar-refractivity contribution in [2.24, 2.45) is 0 Å². The van der Waals surface area contributed by atoms with Gasteiger partial charge in [0.25, 0.3) is 0 Å². The first-order chi connectivity index (χ1) is 6.56. The molecule has 0 bridgehead atoms. The first-order valence-corrected chi connectivity index (χ1v) is 5.07. The number of aromatic amines is 1. The van der Waals surface area contributed by atoms with Crippen LogP contribution in [0.4, 0.5) is 3.89 Å². The molecule has 0 unspecified atom stereocenters. The summed E-state index contributed by atoms with van der Waals surface area (Å²) in [5, 5.41) is 0.522. The van der Waals surface area contributed by atoms with Crippen LogP contribution in [0.15, 0.2) is 30.5 Å². The minimum absolute atomic E-state index is 0.0220. The predicted molar refractivity (Wildman–Crippen MR) is 49.0 cm³/mol. The van der Waals surface area contributed by atoms with Crippen molar-refractivity contribution in [2.45, 2.75) is 0 Å². The maximum atomic E-state index is 12.2. The van der Waals surface area contributed by atoms with Gasteiger partial charge in [-0.2, -0.15) is 8.42 Å².